The Morgan fingerprint density at radius 3 is 2.24 bits per heavy atom. The van der Waals surface area contributed by atoms with Crippen LogP contribution in [0.4, 0.5) is 13.2 Å². The zero-order chi connectivity index (χ0) is 30.2. The number of alkyl halides is 3. The third-order valence-electron chi connectivity index (χ3n) is 6.88. The second-order valence-electron chi connectivity index (χ2n) is 9.31. The average molecular weight is 610 g/mol. The number of halogens is 3. The molecule has 0 bridgehead atoms. The van der Waals surface area contributed by atoms with E-state index < -0.39 is 39.9 Å². The molecule has 0 radical (unpaired) electrons. The first-order valence-corrected chi connectivity index (χ1v) is 14.0. The van der Waals surface area contributed by atoms with Gasteiger partial charge in [-0.25, -0.2) is 17.9 Å². The summed E-state index contributed by atoms with van der Waals surface area (Å²) in [6, 6.07) is 10.0. The molecular formula is C28H26F3NO9S. The molecule has 2 atom stereocenters. The molecule has 1 N–H and O–H groups in total. The zero-order valence-electron chi connectivity index (χ0n) is 22.6. The van der Waals surface area contributed by atoms with Crippen molar-refractivity contribution in [2.75, 3.05) is 34.7 Å². The van der Waals surface area contributed by atoms with E-state index in [0.29, 0.717) is 46.1 Å². The third kappa shape index (κ3) is 5.69. The number of hydrogen-bond acceptors (Lipinski definition) is 9. The average Bonchev–Trinajstić information content (AvgIpc) is 3.63. The molecular weight excluding hydrogens is 583 g/mol. The molecule has 224 valence electrons. The molecule has 14 heteroatoms. The molecule has 0 aliphatic carbocycles. The van der Waals surface area contributed by atoms with Gasteiger partial charge >= 0.3 is 12.1 Å². The SMILES string of the molecule is COC(=O)c1c([C@H]2O[C@@H]2c2cc3c(cc2CCNS(=O)(=O)c2ccc(C(F)(F)F)cc2)OCO3)ccc(OC)c1OC. The van der Waals surface area contributed by atoms with Crippen LogP contribution in [0.5, 0.6) is 23.0 Å². The number of nitrogens with one attached hydrogen (secondary N) is 1. The van der Waals surface area contributed by atoms with Crippen LogP contribution in [0.3, 0.4) is 0 Å². The first-order valence-electron chi connectivity index (χ1n) is 12.6. The van der Waals surface area contributed by atoms with E-state index in [0.717, 1.165) is 12.1 Å². The molecule has 3 aromatic carbocycles. The number of carbonyl (C=O) groups is 1. The maximum atomic E-state index is 12.9. The predicted octanol–water partition coefficient (Wildman–Crippen LogP) is 4.57. The molecule has 2 aliphatic rings. The monoisotopic (exact) mass is 609 g/mol. The van der Waals surface area contributed by atoms with E-state index in [1.54, 1.807) is 24.3 Å². The number of esters is 1. The molecule has 3 aromatic rings. The van der Waals surface area contributed by atoms with Gasteiger partial charge < -0.3 is 28.4 Å². The highest BCUT2D eigenvalue weighted by Gasteiger charge is 2.46. The van der Waals surface area contributed by atoms with Crippen molar-refractivity contribution in [1.82, 2.24) is 4.72 Å². The number of hydrogen-bond donors (Lipinski definition) is 1. The Kier molecular flexibility index (Phi) is 7.96. The van der Waals surface area contributed by atoms with Crippen LogP contribution in [0.25, 0.3) is 0 Å². The van der Waals surface area contributed by atoms with Gasteiger partial charge in [0.15, 0.2) is 23.0 Å². The summed E-state index contributed by atoms with van der Waals surface area (Å²) in [6.45, 7) is -0.0624. The largest absolute Gasteiger partial charge is 0.493 e. The highest BCUT2D eigenvalue weighted by atomic mass is 32.2. The number of epoxide rings is 1. The molecule has 1 fully saturated rings. The first kappa shape index (κ1) is 29.5. The van der Waals surface area contributed by atoms with Crippen molar-refractivity contribution in [3.05, 3.63) is 76.3 Å². The lowest BCUT2D eigenvalue weighted by Gasteiger charge is -2.15. The number of ether oxygens (including phenoxy) is 6. The Morgan fingerprint density at radius 1 is 0.952 bits per heavy atom. The molecule has 2 heterocycles. The molecule has 0 amide bonds. The van der Waals surface area contributed by atoms with Crippen molar-refractivity contribution in [3.8, 4) is 23.0 Å². The molecule has 2 aliphatic heterocycles. The van der Waals surface area contributed by atoms with Gasteiger partial charge in [-0.15, -0.1) is 0 Å². The van der Waals surface area contributed by atoms with Crippen LogP contribution < -0.4 is 23.7 Å². The molecule has 42 heavy (non-hydrogen) atoms. The third-order valence-corrected chi connectivity index (χ3v) is 8.36. The van der Waals surface area contributed by atoms with Gasteiger partial charge in [-0.2, -0.15) is 13.2 Å². The van der Waals surface area contributed by atoms with Gasteiger partial charge in [0.1, 0.15) is 17.8 Å². The first-order chi connectivity index (χ1) is 20.0. The Balaban J connectivity index is 1.39. The number of fused-ring (bicyclic) bond motifs is 1. The number of benzene rings is 3. The normalized spacial score (nSPS) is 17.6. The van der Waals surface area contributed by atoms with Crippen LogP contribution in [-0.2, 0) is 32.1 Å². The molecule has 5 rings (SSSR count). The fraction of sp³-hybridized carbons (Fsp3) is 0.321. The summed E-state index contributed by atoms with van der Waals surface area (Å²) < 4.78 is 99.3. The van der Waals surface area contributed by atoms with Crippen molar-refractivity contribution in [2.45, 2.75) is 29.7 Å². The smallest absolute Gasteiger partial charge is 0.416 e. The predicted molar refractivity (Wildman–Crippen MR) is 140 cm³/mol. The molecule has 10 nitrogen and oxygen atoms in total. The molecule has 0 aromatic heterocycles. The van der Waals surface area contributed by atoms with Crippen molar-refractivity contribution in [2.24, 2.45) is 0 Å². The van der Waals surface area contributed by atoms with Crippen LogP contribution in [-0.4, -0.2) is 49.1 Å². The maximum absolute atomic E-state index is 12.9. The van der Waals surface area contributed by atoms with E-state index in [-0.39, 0.29) is 36.0 Å². The van der Waals surface area contributed by atoms with Crippen LogP contribution in [0.15, 0.2) is 53.4 Å². The Hall–Kier alpha value is -4.01. The second kappa shape index (κ2) is 11.3. The van der Waals surface area contributed by atoms with E-state index in [1.807, 2.05) is 0 Å². The topological polar surface area (TPSA) is 122 Å². The Bertz CT molecular complexity index is 1610. The minimum absolute atomic E-state index is 0.00982. The zero-order valence-corrected chi connectivity index (χ0v) is 23.4. The second-order valence-corrected chi connectivity index (χ2v) is 11.1. The number of rotatable bonds is 10. The fourth-order valence-corrected chi connectivity index (χ4v) is 5.82. The number of sulfonamides is 1. The lowest BCUT2D eigenvalue weighted by atomic mass is 9.94. The van der Waals surface area contributed by atoms with Gasteiger partial charge in [0.05, 0.1) is 31.8 Å². The van der Waals surface area contributed by atoms with E-state index in [2.05, 4.69) is 4.72 Å². The van der Waals surface area contributed by atoms with Gasteiger partial charge in [-0.05, 0) is 60.0 Å². The van der Waals surface area contributed by atoms with Crippen molar-refractivity contribution in [1.29, 1.82) is 0 Å². The Morgan fingerprint density at radius 2 is 1.62 bits per heavy atom. The maximum Gasteiger partial charge on any atom is 0.416 e. The summed E-state index contributed by atoms with van der Waals surface area (Å²) in [4.78, 5) is 12.4. The van der Waals surface area contributed by atoms with Crippen LogP contribution in [0.2, 0.25) is 0 Å². The lowest BCUT2D eigenvalue weighted by molar-refractivity contribution is -0.137. The number of methoxy groups -OCH3 is 3. The summed E-state index contributed by atoms with van der Waals surface area (Å²) in [5.74, 6) is 0.841. The minimum atomic E-state index is -4.58. The van der Waals surface area contributed by atoms with Gasteiger partial charge in [0, 0.05) is 12.1 Å². The summed E-state index contributed by atoms with van der Waals surface area (Å²) >= 11 is 0. The van der Waals surface area contributed by atoms with E-state index in [4.69, 9.17) is 28.4 Å². The quantitative estimate of drug-likeness (QED) is 0.260. The van der Waals surface area contributed by atoms with E-state index in [1.165, 1.54) is 21.3 Å². The van der Waals surface area contributed by atoms with E-state index >= 15 is 0 Å². The number of carbonyl (C=O) groups excluding carboxylic acids is 1. The summed E-state index contributed by atoms with van der Waals surface area (Å²) in [6.07, 6.45) is -5.49. The van der Waals surface area contributed by atoms with Gasteiger partial charge in [0.2, 0.25) is 16.8 Å². The standard InChI is InChI=1S/C28H26F3NO9S/c1-36-20-9-8-18(23(26(20)37-2)27(33)38-3)24-25(41-24)19-13-22-21(39-14-40-22)12-15(19)10-11-32-42(34,35)17-6-4-16(5-7-17)28(29,30)31/h4-9,12-13,24-25,32H,10-11,14H2,1-3H3/t24-,25-/m1/s1. The van der Waals surface area contributed by atoms with Crippen LogP contribution in [0, 0.1) is 0 Å². The molecule has 0 unspecified atom stereocenters. The molecule has 1 saturated heterocycles. The Labute approximate surface area is 239 Å². The van der Waals surface area contributed by atoms with Crippen molar-refractivity contribution >= 4 is 16.0 Å². The summed E-state index contributed by atoms with van der Waals surface area (Å²) in [7, 11) is 0.00636. The lowest BCUT2D eigenvalue weighted by Crippen LogP contribution is -2.26. The van der Waals surface area contributed by atoms with Crippen LogP contribution >= 0.6 is 0 Å². The van der Waals surface area contributed by atoms with Crippen molar-refractivity contribution < 1.29 is 54.8 Å². The summed E-state index contributed by atoms with van der Waals surface area (Å²) in [5.41, 5.74) is 1.08. The van der Waals surface area contributed by atoms with Gasteiger partial charge in [-0.1, -0.05) is 6.07 Å². The summed E-state index contributed by atoms with van der Waals surface area (Å²) in [5, 5.41) is 0. The van der Waals surface area contributed by atoms with Crippen LogP contribution in [0.1, 0.15) is 44.8 Å². The molecule has 0 saturated carbocycles. The highest BCUT2D eigenvalue weighted by molar-refractivity contribution is 7.89. The van der Waals surface area contributed by atoms with Crippen molar-refractivity contribution in [3.63, 3.8) is 0 Å². The van der Waals surface area contributed by atoms with Gasteiger partial charge in [-0.3, -0.25) is 0 Å². The fourth-order valence-electron chi connectivity index (χ4n) is 4.78. The van der Waals surface area contributed by atoms with Gasteiger partial charge in [0.25, 0.3) is 0 Å². The molecule has 0 spiro atoms. The minimum Gasteiger partial charge on any atom is -0.493 e. The highest BCUT2D eigenvalue weighted by Crippen LogP contribution is 2.56. The van der Waals surface area contributed by atoms with E-state index in [9.17, 15) is 26.4 Å².